The lowest BCUT2D eigenvalue weighted by molar-refractivity contribution is -0.153. The molecule has 1 aromatic rings. The molecule has 0 radical (unpaired) electrons. The third kappa shape index (κ3) is 3.15. The number of ether oxygens (including phenoxy) is 1. The molecule has 1 heterocycles. The number of aliphatic hydroxyl groups is 1. The van der Waals surface area contributed by atoms with Gasteiger partial charge < -0.3 is 9.84 Å². The van der Waals surface area contributed by atoms with Crippen molar-refractivity contribution < 1.29 is 23.0 Å². The Morgan fingerprint density at radius 1 is 1.50 bits per heavy atom. The van der Waals surface area contributed by atoms with Crippen molar-refractivity contribution in [2.45, 2.75) is 19.7 Å². The number of aryl methyl sites for hydroxylation is 1. The van der Waals surface area contributed by atoms with Crippen molar-refractivity contribution in [3.05, 3.63) is 10.6 Å². The largest absolute Gasteiger partial charge is 0.460 e. The molecule has 0 unspecified atom stereocenters. The number of aromatic nitrogens is 1. The summed E-state index contributed by atoms with van der Waals surface area (Å²) in [5.74, 6) is 0. The number of hydrogen-bond acceptors (Lipinski definition) is 4. The molecule has 1 N–H and O–H groups in total. The summed E-state index contributed by atoms with van der Waals surface area (Å²) in [5.41, 5.74) is 0.495. The molecule has 14 heavy (non-hydrogen) atoms. The molecule has 1 aromatic heterocycles. The Balaban J connectivity index is 2.60. The van der Waals surface area contributed by atoms with Gasteiger partial charge in [-0.3, -0.25) is 0 Å². The highest BCUT2D eigenvalue weighted by molar-refractivity contribution is 7.13. The summed E-state index contributed by atoms with van der Waals surface area (Å²) in [6, 6.07) is 0. The molecule has 3 nitrogen and oxygen atoms in total. The van der Waals surface area contributed by atoms with E-state index in [4.69, 9.17) is 5.11 Å². The Hall–Kier alpha value is -0.820. The van der Waals surface area contributed by atoms with E-state index in [0.29, 0.717) is 10.6 Å². The number of nitrogens with zero attached hydrogens (tertiary/aromatic N) is 1. The minimum absolute atomic E-state index is 0.0659. The zero-order valence-electron chi connectivity index (χ0n) is 7.26. The number of thiazole rings is 1. The van der Waals surface area contributed by atoms with Gasteiger partial charge in [0.2, 0.25) is 0 Å². The van der Waals surface area contributed by atoms with E-state index in [9.17, 15) is 13.2 Å². The summed E-state index contributed by atoms with van der Waals surface area (Å²) in [6.07, 6.45) is -4.36. The van der Waals surface area contributed by atoms with E-state index < -0.39 is 12.8 Å². The molecular weight excluding hydrogens is 219 g/mol. The summed E-state index contributed by atoms with van der Waals surface area (Å²) >= 11 is 0.917. The van der Waals surface area contributed by atoms with Crippen LogP contribution in [0.15, 0.2) is 0 Å². The van der Waals surface area contributed by atoms with Gasteiger partial charge in [0, 0.05) is 0 Å². The first-order valence-electron chi connectivity index (χ1n) is 3.69. The van der Waals surface area contributed by atoms with Gasteiger partial charge in [-0.1, -0.05) is 11.3 Å². The number of aliphatic hydroxyl groups excluding tert-OH is 1. The van der Waals surface area contributed by atoms with Crippen molar-refractivity contribution in [3.8, 4) is 5.19 Å². The molecule has 80 valence electrons. The fourth-order valence-electron chi connectivity index (χ4n) is 0.753. The van der Waals surface area contributed by atoms with E-state index in [1.165, 1.54) is 0 Å². The highest BCUT2D eigenvalue weighted by atomic mass is 32.1. The normalized spacial score (nSPS) is 11.8. The highest BCUT2D eigenvalue weighted by Gasteiger charge is 2.29. The summed E-state index contributed by atoms with van der Waals surface area (Å²) in [7, 11) is 0. The van der Waals surface area contributed by atoms with Crippen LogP contribution in [0, 0.1) is 6.92 Å². The fourth-order valence-corrected chi connectivity index (χ4v) is 1.52. The van der Waals surface area contributed by atoms with Gasteiger partial charge in [-0.2, -0.15) is 13.2 Å². The molecule has 0 spiro atoms. The lowest BCUT2D eigenvalue weighted by Crippen LogP contribution is -2.19. The van der Waals surface area contributed by atoms with Crippen molar-refractivity contribution >= 4 is 11.3 Å². The van der Waals surface area contributed by atoms with E-state index in [0.717, 1.165) is 11.3 Å². The predicted molar refractivity (Wildman–Crippen MR) is 44.3 cm³/mol. The van der Waals surface area contributed by atoms with E-state index in [1.54, 1.807) is 6.92 Å². The summed E-state index contributed by atoms with van der Waals surface area (Å²) in [5, 5.41) is 8.69. The average molecular weight is 227 g/mol. The molecule has 1 rings (SSSR count). The second kappa shape index (κ2) is 4.14. The molecular formula is C7H8F3NO2S. The molecule has 0 aliphatic heterocycles. The van der Waals surface area contributed by atoms with Gasteiger partial charge in [-0.05, 0) is 6.92 Å². The van der Waals surface area contributed by atoms with E-state index in [2.05, 4.69) is 9.72 Å². The topological polar surface area (TPSA) is 42.4 Å². The Bertz CT molecular complexity index is 310. The van der Waals surface area contributed by atoms with Crippen molar-refractivity contribution in [2.24, 2.45) is 0 Å². The predicted octanol–water partition coefficient (Wildman–Crippen LogP) is 1.88. The van der Waals surface area contributed by atoms with Gasteiger partial charge >= 0.3 is 6.18 Å². The first kappa shape index (κ1) is 11.3. The maximum atomic E-state index is 11.7. The second-order valence-electron chi connectivity index (χ2n) is 2.55. The van der Waals surface area contributed by atoms with Crippen molar-refractivity contribution in [1.29, 1.82) is 0 Å². The zero-order chi connectivity index (χ0) is 10.8. The van der Waals surface area contributed by atoms with Crippen LogP contribution in [0.2, 0.25) is 0 Å². The molecule has 0 saturated heterocycles. The molecule has 0 atom stereocenters. The van der Waals surface area contributed by atoms with Crippen LogP contribution in [0.25, 0.3) is 0 Å². The van der Waals surface area contributed by atoms with Crippen molar-refractivity contribution in [1.82, 2.24) is 4.98 Å². The van der Waals surface area contributed by atoms with Crippen molar-refractivity contribution in [3.63, 3.8) is 0 Å². The molecule has 0 fully saturated rings. The van der Waals surface area contributed by atoms with Crippen LogP contribution in [0.3, 0.4) is 0 Å². The molecule has 7 heteroatoms. The molecule has 0 aliphatic carbocycles. The molecule has 0 bridgehead atoms. The quantitative estimate of drug-likeness (QED) is 0.857. The monoisotopic (exact) mass is 227 g/mol. The van der Waals surface area contributed by atoms with Crippen LogP contribution in [-0.2, 0) is 6.61 Å². The fraction of sp³-hybridized carbons (Fsp3) is 0.571. The van der Waals surface area contributed by atoms with Crippen LogP contribution >= 0.6 is 11.3 Å². The first-order chi connectivity index (χ1) is 6.42. The molecule has 0 amide bonds. The minimum atomic E-state index is -4.36. The zero-order valence-corrected chi connectivity index (χ0v) is 8.08. The van der Waals surface area contributed by atoms with Crippen molar-refractivity contribution in [2.75, 3.05) is 6.61 Å². The van der Waals surface area contributed by atoms with Crippen LogP contribution in [0.1, 0.15) is 10.6 Å². The first-order valence-corrected chi connectivity index (χ1v) is 4.51. The SMILES string of the molecule is Cc1nc(OCC(F)(F)F)sc1CO. The standard InChI is InChI=1S/C7H8F3NO2S/c1-4-5(2-12)14-6(11-4)13-3-7(8,9)10/h12H,2-3H2,1H3. The Labute approximate surface area is 82.2 Å². The van der Waals surface area contributed by atoms with E-state index in [1.807, 2.05) is 0 Å². The van der Waals surface area contributed by atoms with Gasteiger partial charge in [0.1, 0.15) is 0 Å². The Morgan fingerprint density at radius 2 is 2.14 bits per heavy atom. The second-order valence-corrected chi connectivity index (χ2v) is 3.60. The maximum Gasteiger partial charge on any atom is 0.422 e. The Kier molecular flexibility index (Phi) is 3.33. The van der Waals surface area contributed by atoms with Gasteiger partial charge in [0.25, 0.3) is 5.19 Å². The lowest BCUT2D eigenvalue weighted by Gasteiger charge is -2.05. The van der Waals surface area contributed by atoms with Gasteiger partial charge in [0.15, 0.2) is 6.61 Å². The summed E-state index contributed by atoms with van der Waals surface area (Å²) in [4.78, 5) is 4.24. The minimum Gasteiger partial charge on any atom is -0.460 e. The summed E-state index contributed by atoms with van der Waals surface area (Å²) in [6.45, 7) is 0.00615. The molecule has 0 aromatic carbocycles. The third-order valence-corrected chi connectivity index (χ3v) is 2.43. The lowest BCUT2D eigenvalue weighted by atomic mass is 10.4. The number of halogens is 3. The molecule has 0 aliphatic rings. The number of hydrogen-bond donors (Lipinski definition) is 1. The highest BCUT2D eigenvalue weighted by Crippen LogP contribution is 2.26. The van der Waals surface area contributed by atoms with E-state index in [-0.39, 0.29) is 11.8 Å². The van der Waals surface area contributed by atoms with Crippen LogP contribution < -0.4 is 4.74 Å². The van der Waals surface area contributed by atoms with E-state index >= 15 is 0 Å². The average Bonchev–Trinajstić information content (AvgIpc) is 2.42. The van der Waals surface area contributed by atoms with Crippen LogP contribution in [0.5, 0.6) is 5.19 Å². The van der Waals surface area contributed by atoms with Gasteiger partial charge in [0.05, 0.1) is 17.2 Å². The van der Waals surface area contributed by atoms with Crippen LogP contribution in [0.4, 0.5) is 13.2 Å². The van der Waals surface area contributed by atoms with Gasteiger partial charge in [-0.25, -0.2) is 4.98 Å². The number of rotatable bonds is 3. The Morgan fingerprint density at radius 3 is 2.57 bits per heavy atom. The smallest absolute Gasteiger partial charge is 0.422 e. The number of alkyl halides is 3. The van der Waals surface area contributed by atoms with Gasteiger partial charge in [-0.15, -0.1) is 0 Å². The summed E-state index contributed by atoms with van der Waals surface area (Å²) < 4.78 is 39.6. The van der Waals surface area contributed by atoms with Crippen LogP contribution in [-0.4, -0.2) is 22.9 Å². The third-order valence-electron chi connectivity index (χ3n) is 1.38. The molecule has 0 saturated carbocycles. The maximum absolute atomic E-state index is 11.7.